The van der Waals surface area contributed by atoms with Crippen LogP contribution in [0.4, 0.5) is 0 Å². The topological polar surface area (TPSA) is 58.5 Å². The summed E-state index contributed by atoms with van der Waals surface area (Å²) >= 11 is 1.73. The van der Waals surface area contributed by atoms with Crippen molar-refractivity contribution in [2.45, 2.75) is 40.2 Å². The molecule has 1 aromatic carbocycles. The van der Waals surface area contributed by atoms with Crippen molar-refractivity contribution in [3.8, 4) is 5.75 Å². The molecule has 2 N–H and O–H groups in total. The predicted octanol–water partition coefficient (Wildman–Crippen LogP) is 3.46. The molecule has 0 aliphatic carbocycles. The lowest BCUT2D eigenvalue weighted by atomic mass is 10.1. The van der Waals surface area contributed by atoms with E-state index in [4.69, 9.17) is 4.74 Å². The zero-order valence-corrected chi connectivity index (χ0v) is 16.4. The van der Waals surface area contributed by atoms with Gasteiger partial charge in [0.2, 0.25) is 0 Å². The van der Waals surface area contributed by atoms with E-state index in [1.165, 1.54) is 10.4 Å². The average molecular weight is 361 g/mol. The van der Waals surface area contributed by atoms with E-state index in [1.807, 2.05) is 26.0 Å². The van der Waals surface area contributed by atoms with E-state index in [1.54, 1.807) is 18.4 Å². The first kappa shape index (κ1) is 19.2. The summed E-state index contributed by atoms with van der Waals surface area (Å²) in [5.74, 6) is 1.75. The van der Waals surface area contributed by atoms with E-state index in [9.17, 15) is 0 Å². The first-order chi connectivity index (χ1) is 12.1. The Hall–Kier alpha value is -2.08. The highest BCUT2D eigenvalue weighted by molar-refractivity contribution is 7.11. The average Bonchev–Trinajstić information content (AvgIpc) is 2.94. The fraction of sp³-hybridized carbons (Fsp3) is 0.474. The van der Waals surface area contributed by atoms with E-state index >= 15 is 0 Å². The van der Waals surface area contributed by atoms with Crippen LogP contribution in [0.25, 0.3) is 0 Å². The number of guanidine groups is 1. The molecule has 1 heterocycles. The maximum Gasteiger partial charge on any atom is 0.191 e. The van der Waals surface area contributed by atoms with Crippen molar-refractivity contribution in [3.05, 3.63) is 45.4 Å². The second kappa shape index (κ2) is 10.0. The third kappa shape index (κ3) is 6.38. The van der Waals surface area contributed by atoms with Crippen LogP contribution in [0.15, 0.2) is 29.3 Å². The molecular weight excluding hydrogens is 332 g/mol. The number of aromatic nitrogens is 1. The van der Waals surface area contributed by atoms with Gasteiger partial charge < -0.3 is 15.4 Å². The van der Waals surface area contributed by atoms with Crippen molar-refractivity contribution in [2.75, 3.05) is 20.2 Å². The Morgan fingerprint density at radius 3 is 2.80 bits per heavy atom. The lowest BCUT2D eigenvalue weighted by Gasteiger charge is -2.12. The number of hydrogen-bond acceptors (Lipinski definition) is 4. The summed E-state index contributed by atoms with van der Waals surface area (Å²) in [4.78, 5) is 9.99. The van der Waals surface area contributed by atoms with Crippen LogP contribution in [-0.4, -0.2) is 31.1 Å². The Labute approximate surface area is 154 Å². The van der Waals surface area contributed by atoms with Gasteiger partial charge in [-0.15, -0.1) is 11.3 Å². The van der Waals surface area contributed by atoms with Gasteiger partial charge in [-0.1, -0.05) is 19.1 Å². The molecule has 0 amide bonds. The SMILES string of the molecule is CCCOc1cccc(CCNC(=NC)NCc2sc(C)nc2C)c1. The number of benzene rings is 1. The summed E-state index contributed by atoms with van der Waals surface area (Å²) in [6.45, 7) is 8.52. The molecule has 0 unspecified atom stereocenters. The summed E-state index contributed by atoms with van der Waals surface area (Å²) in [6, 6.07) is 8.28. The van der Waals surface area contributed by atoms with Crippen LogP contribution < -0.4 is 15.4 Å². The molecule has 0 aliphatic rings. The molecule has 1 aromatic heterocycles. The van der Waals surface area contributed by atoms with Crippen LogP contribution >= 0.6 is 11.3 Å². The molecule has 25 heavy (non-hydrogen) atoms. The number of thiazole rings is 1. The van der Waals surface area contributed by atoms with Gasteiger partial charge in [-0.25, -0.2) is 4.98 Å². The Bertz CT molecular complexity index is 696. The van der Waals surface area contributed by atoms with Crippen LogP contribution in [0, 0.1) is 13.8 Å². The van der Waals surface area contributed by atoms with Gasteiger partial charge in [-0.2, -0.15) is 0 Å². The molecule has 0 bridgehead atoms. The van der Waals surface area contributed by atoms with Gasteiger partial charge in [0.15, 0.2) is 5.96 Å². The van der Waals surface area contributed by atoms with Crippen LogP contribution in [0.1, 0.15) is 34.5 Å². The summed E-state index contributed by atoms with van der Waals surface area (Å²) < 4.78 is 5.68. The van der Waals surface area contributed by atoms with E-state index in [2.05, 4.69) is 39.7 Å². The second-order valence-electron chi connectivity index (χ2n) is 5.84. The third-order valence-corrected chi connectivity index (χ3v) is 4.79. The molecule has 0 atom stereocenters. The minimum Gasteiger partial charge on any atom is -0.494 e. The van der Waals surface area contributed by atoms with Crippen molar-refractivity contribution >= 4 is 17.3 Å². The fourth-order valence-corrected chi connectivity index (χ4v) is 3.33. The number of nitrogens with zero attached hydrogens (tertiary/aromatic N) is 2. The van der Waals surface area contributed by atoms with Crippen molar-refractivity contribution in [1.29, 1.82) is 0 Å². The molecule has 0 fully saturated rings. The first-order valence-electron chi connectivity index (χ1n) is 8.71. The standard InChI is InChI=1S/C19H28N4OS/c1-5-11-24-17-8-6-7-16(12-17)9-10-21-19(20-4)22-13-18-14(2)23-15(3)25-18/h6-8,12H,5,9-11,13H2,1-4H3,(H2,20,21,22). The van der Waals surface area contributed by atoms with Gasteiger partial charge >= 0.3 is 0 Å². The molecule has 2 rings (SSSR count). The van der Waals surface area contributed by atoms with Crippen LogP contribution in [0.3, 0.4) is 0 Å². The number of ether oxygens (including phenoxy) is 1. The molecule has 0 aliphatic heterocycles. The summed E-state index contributed by atoms with van der Waals surface area (Å²) in [6.07, 6.45) is 1.94. The van der Waals surface area contributed by atoms with E-state index in [0.29, 0.717) is 0 Å². The lowest BCUT2D eigenvalue weighted by molar-refractivity contribution is 0.317. The highest BCUT2D eigenvalue weighted by atomic mass is 32.1. The number of rotatable bonds is 8. The Balaban J connectivity index is 1.78. The Morgan fingerprint density at radius 1 is 1.28 bits per heavy atom. The third-order valence-electron chi connectivity index (χ3n) is 3.72. The molecule has 6 heteroatoms. The van der Waals surface area contributed by atoms with Crippen molar-refractivity contribution < 1.29 is 4.74 Å². The normalized spacial score (nSPS) is 11.4. The van der Waals surface area contributed by atoms with Crippen LogP contribution in [0.2, 0.25) is 0 Å². The largest absolute Gasteiger partial charge is 0.494 e. The zero-order valence-electron chi connectivity index (χ0n) is 15.6. The van der Waals surface area contributed by atoms with Gasteiger partial charge in [-0.3, -0.25) is 4.99 Å². The van der Waals surface area contributed by atoms with Crippen molar-refractivity contribution in [2.24, 2.45) is 4.99 Å². The maximum atomic E-state index is 5.68. The Kier molecular flexibility index (Phi) is 7.73. The van der Waals surface area contributed by atoms with E-state index in [0.717, 1.165) is 54.9 Å². The first-order valence-corrected chi connectivity index (χ1v) is 9.53. The fourth-order valence-electron chi connectivity index (χ4n) is 2.46. The van der Waals surface area contributed by atoms with Crippen molar-refractivity contribution in [3.63, 3.8) is 0 Å². The summed E-state index contributed by atoms with van der Waals surface area (Å²) in [5, 5.41) is 7.81. The van der Waals surface area contributed by atoms with E-state index in [-0.39, 0.29) is 0 Å². The molecule has 0 spiro atoms. The summed E-state index contributed by atoms with van der Waals surface area (Å²) in [7, 11) is 1.79. The van der Waals surface area contributed by atoms with Crippen LogP contribution in [-0.2, 0) is 13.0 Å². The number of aliphatic imine (C=N–C) groups is 1. The van der Waals surface area contributed by atoms with Gasteiger partial charge in [0, 0.05) is 18.5 Å². The van der Waals surface area contributed by atoms with Gasteiger partial charge in [0.1, 0.15) is 5.75 Å². The van der Waals surface area contributed by atoms with Crippen LogP contribution in [0.5, 0.6) is 5.75 Å². The number of nitrogens with one attached hydrogen (secondary N) is 2. The van der Waals surface area contributed by atoms with Gasteiger partial charge in [0.05, 0.1) is 23.9 Å². The minimum atomic E-state index is 0.747. The highest BCUT2D eigenvalue weighted by Crippen LogP contribution is 2.16. The molecule has 0 radical (unpaired) electrons. The quantitative estimate of drug-likeness (QED) is 0.559. The highest BCUT2D eigenvalue weighted by Gasteiger charge is 2.06. The molecule has 2 aromatic rings. The van der Waals surface area contributed by atoms with Crippen molar-refractivity contribution in [1.82, 2.24) is 15.6 Å². The molecule has 5 nitrogen and oxygen atoms in total. The Morgan fingerprint density at radius 2 is 2.12 bits per heavy atom. The summed E-state index contributed by atoms with van der Waals surface area (Å²) in [5.41, 5.74) is 2.35. The van der Waals surface area contributed by atoms with Gasteiger partial charge in [0.25, 0.3) is 0 Å². The maximum absolute atomic E-state index is 5.68. The lowest BCUT2D eigenvalue weighted by Crippen LogP contribution is -2.37. The smallest absolute Gasteiger partial charge is 0.191 e. The molecular formula is C19H28N4OS. The molecule has 136 valence electrons. The van der Waals surface area contributed by atoms with Gasteiger partial charge in [-0.05, 0) is 44.4 Å². The monoisotopic (exact) mass is 360 g/mol. The predicted molar refractivity (Wildman–Crippen MR) is 106 cm³/mol. The molecule has 0 saturated carbocycles. The van der Waals surface area contributed by atoms with E-state index < -0.39 is 0 Å². The zero-order chi connectivity index (χ0) is 18.1. The number of aryl methyl sites for hydroxylation is 2. The second-order valence-corrected chi connectivity index (χ2v) is 7.13. The number of hydrogen-bond donors (Lipinski definition) is 2. The molecule has 0 saturated heterocycles. The minimum absolute atomic E-state index is 0.747.